The van der Waals surface area contributed by atoms with Gasteiger partial charge >= 0.3 is 6.26 Å². The van der Waals surface area contributed by atoms with Gasteiger partial charge in [-0.1, -0.05) is 23.9 Å². The van der Waals surface area contributed by atoms with Crippen LogP contribution in [0.15, 0.2) is 24.2 Å². The molecule has 0 atom stereocenters. The van der Waals surface area contributed by atoms with Crippen molar-refractivity contribution >= 4 is 25.6 Å². The Morgan fingerprint density at radius 1 is 1.46 bits per heavy atom. The van der Waals surface area contributed by atoms with Crippen LogP contribution >= 0.6 is 11.5 Å². The van der Waals surface area contributed by atoms with Gasteiger partial charge in [0.05, 0.1) is 0 Å². The van der Waals surface area contributed by atoms with Crippen LogP contribution in [0.1, 0.15) is 13.8 Å². The zero-order chi connectivity index (χ0) is 10.4. The smallest absolute Gasteiger partial charge is 0.322 e. The number of rotatable bonds is 6. The molecule has 0 aromatic carbocycles. The summed E-state index contributed by atoms with van der Waals surface area (Å²) < 4.78 is 0. The van der Waals surface area contributed by atoms with Crippen molar-refractivity contribution in [2.45, 2.75) is 20.2 Å². The van der Waals surface area contributed by atoms with Crippen molar-refractivity contribution in [3.63, 3.8) is 0 Å². The van der Waals surface area contributed by atoms with E-state index in [0.29, 0.717) is 0 Å². The summed E-state index contributed by atoms with van der Waals surface area (Å²) in [6, 6.07) is 0. The van der Waals surface area contributed by atoms with Crippen LogP contribution in [-0.2, 0) is 0 Å². The molecule has 0 heterocycles. The molecule has 0 amide bonds. The van der Waals surface area contributed by atoms with Crippen molar-refractivity contribution in [3.05, 3.63) is 24.2 Å². The number of allylic oxidation sites excluding steroid dienone is 1. The van der Waals surface area contributed by atoms with E-state index in [0.717, 1.165) is 30.5 Å². The van der Waals surface area contributed by atoms with Crippen molar-refractivity contribution < 1.29 is 0 Å². The van der Waals surface area contributed by atoms with Crippen LogP contribution in [0.4, 0.5) is 0 Å². The van der Waals surface area contributed by atoms with Gasteiger partial charge in [0.1, 0.15) is 7.85 Å². The van der Waals surface area contributed by atoms with Gasteiger partial charge in [-0.05, 0) is 20.4 Å². The fourth-order valence-corrected chi connectivity index (χ4v) is 1.38. The van der Waals surface area contributed by atoms with Gasteiger partial charge < -0.3 is 4.81 Å². The molecule has 0 aromatic heterocycles. The molecule has 0 rings (SSSR count). The highest BCUT2D eigenvalue weighted by molar-refractivity contribution is 7.09. The Labute approximate surface area is 88.3 Å². The second-order valence-electron chi connectivity index (χ2n) is 3.61. The molecule has 0 spiro atoms. The lowest BCUT2D eigenvalue weighted by Crippen LogP contribution is -2.38. The molecule has 4 heteroatoms. The lowest BCUT2D eigenvalue weighted by Gasteiger charge is -2.24. The second-order valence-corrected chi connectivity index (χ2v) is 4.02. The normalized spacial score (nSPS) is 10.2. The Hall–Kier alpha value is -0.140. The van der Waals surface area contributed by atoms with Gasteiger partial charge in [0.2, 0.25) is 0 Å². The van der Waals surface area contributed by atoms with Crippen LogP contribution in [0, 0.1) is 0 Å². The minimum Gasteiger partial charge on any atom is -0.322 e. The van der Waals surface area contributed by atoms with Gasteiger partial charge in [0.15, 0.2) is 0 Å². The predicted molar refractivity (Wildman–Crippen MR) is 66.2 cm³/mol. The van der Waals surface area contributed by atoms with E-state index in [1.807, 2.05) is 13.8 Å². The van der Waals surface area contributed by atoms with E-state index >= 15 is 0 Å². The van der Waals surface area contributed by atoms with E-state index in [2.05, 4.69) is 25.8 Å². The van der Waals surface area contributed by atoms with E-state index in [-0.39, 0.29) is 6.26 Å². The van der Waals surface area contributed by atoms with E-state index in [9.17, 15) is 0 Å². The number of hydrogen-bond donors (Lipinski definition) is 0. The quantitative estimate of drug-likeness (QED) is 0.463. The molecule has 0 aliphatic carbocycles. The van der Waals surface area contributed by atoms with Crippen LogP contribution in [0.3, 0.4) is 0 Å². The largest absolute Gasteiger partial charge is 0.359 e. The van der Waals surface area contributed by atoms with Crippen molar-refractivity contribution in [1.82, 2.24) is 4.81 Å². The number of halogens is 1. The average molecular weight is 197 g/mol. The third-order valence-electron chi connectivity index (χ3n) is 1.71. The highest BCUT2D eigenvalue weighted by atomic mass is 35.5. The topological polar surface area (TPSA) is 3.24 Å². The summed E-state index contributed by atoms with van der Waals surface area (Å²) in [5.74, 6) is 0. The maximum atomic E-state index is 6.19. The minimum absolute atomic E-state index is 0.0587. The Morgan fingerprint density at radius 3 is 2.31 bits per heavy atom. The third kappa shape index (κ3) is 5.22. The fourth-order valence-electron chi connectivity index (χ4n) is 1.22. The summed E-state index contributed by atoms with van der Waals surface area (Å²) >= 11 is 6.19. The summed E-state index contributed by atoms with van der Waals surface area (Å²) in [5.41, 5.74) is 2.14. The average Bonchev–Trinajstić information content (AvgIpc) is 2.01. The van der Waals surface area contributed by atoms with E-state index in [1.54, 1.807) is 0 Å². The second kappa shape index (κ2) is 6.33. The van der Waals surface area contributed by atoms with Crippen molar-refractivity contribution in [2.24, 2.45) is 0 Å². The monoisotopic (exact) mass is 197 g/mol. The van der Waals surface area contributed by atoms with Gasteiger partial charge in [-0.15, -0.1) is 6.58 Å². The molecule has 0 N–H and O–H groups in total. The summed E-state index contributed by atoms with van der Waals surface area (Å²) in [5, 5.41) is 0. The van der Waals surface area contributed by atoms with Crippen LogP contribution in [-0.4, -0.2) is 32.0 Å². The third-order valence-corrected chi connectivity index (χ3v) is 2.36. The molecule has 0 bridgehead atoms. The molecule has 0 saturated heterocycles. The SMILES string of the molecule is BCCN(CC(=C)C)B(Cl)C(=C)C. The van der Waals surface area contributed by atoms with Crippen LogP contribution in [0.25, 0.3) is 0 Å². The lowest BCUT2D eigenvalue weighted by molar-refractivity contribution is 0.504. The first-order valence-corrected chi connectivity index (χ1v) is 5.10. The van der Waals surface area contributed by atoms with Crippen molar-refractivity contribution in [3.8, 4) is 0 Å². The fraction of sp³-hybridized carbons (Fsp3) is 0.556. The molecule has 0 aromatic rings. The summed E-state index contributed by atoms with van der Waals surface area (Å²) in [6.45, 7) is 13.6. The lowest BCUT2D eigenvalue weighted by atomic mass is 9.78. The van der Waals surface area contributed by atoms with Crippen LogP contribution in [0.5, 0.6) is 0 Å². The summed E-state index contributed by atoms with van der Waals surface area (Å²) in [4.78, 5) is 2.19. The molecule has 72 valence electrons. The van der Waals surface area contributed by atoms with Crippen molar-refractivity contribution in [2.75, 3.05) is 13.1 Å². The van der Waals surface area contributed by atoms with E-state index in [1.165, 1.54) is 0 Å². The summed E-state index contributed by atoms with van der Waals surface area (Å²) in [6.07, 6.45) is 1.04. The molecule has 0 saturated carbocycles. The number of nitrogens with zero attached hydrogens (tertiary/aromatic N) is 1. The van der Waals surface area contributed by atoms with E-state index in [4.69, 9.17) is 11.5 Å². The van der Waals surface area contributed by atoms with Gasteiger partial charge in [-0.2, -0.15) is 11.5 Å². The van der Waals surface area contributed by atoms with E-state index < -0.39 is 0 Å². The first-order chi connectivity index (χ1) is 5.99. The molecule has 0 fully saturated rings. The Kier molecular flexibility index (Phi) is 6.27. The molecule has 0 unspecified atom stereocenters. The maximum absolute atomic E-state index is 6.19. The molecular formula is C9H18B2ClN. The zero-order valence-electron chi connectivity index (χ0n) is 8.94. The number of hydrogen-bond acceptors (Lipinski definition) is 1. The molecule has 0 radical (unpaired) electrons. The van der Waals surface area contributed by atoms with Gasteiger partial charge in [0, 0.05) is 6.54 Å². The van der Waals surface area contributed by atoms with Crippen LogP contribution in [0.2, 0.25) is 6.32 Å². The summed E-state index contributed by atoms with van der Waals surface area (Å²) in [7, 11) is 2.15. The van der Waals surface area contributed by atoms with Crippen LogP contribution < -0.4 is 0 Å². The predicted octanol–water partition coefficient (Wildman–Crippen LogP) is 1.76. The van der Waals surface area contributed by atoms with Crippen molar-refractivity contribution in [1.29, 1.82) is 0 Å². The Balaban J connectivity index is 4.22. The molecule has 0 aliphatic heterocycles. The maximum Gasteiger partial charge on any atom is 0.359 e. The molecule has 13 heavy (non-hydrogen) atoms. The van der Waals surface area contributed by atoms with Gasteiger partial charge in [-0.25, -0.2) is 0 Å². The highest BCUT2D eigenvalue weighted by Gasteiger charge is 2.20. The molecule has 0 aliphatic rings. The highest BCUT2D eigenvalue weighted by Crippen LogP contribution is 2.10. The molecule has 1 nitrogen and oxygen atoms in total. The Morgan fingerprint density at radius 2 is 2.00 bits per heavy atom. The zero-order valence-corrected chi connectivity index (χ0v) is 9.69. The Bertz CT molecular complexity index is 194. The first kappa shape index (κ1) is 12.9. The minimum atomic E-state index is -0.0587. The van der Waals surface area contributed by atoms with Gasteiger partial charge in [-0.3, -0.25) is 0 Å². The van der Waals surface area contributed by atoms with Gasteiger partial charge in [0.25, 0.3) is 0 Å². The first-order valence-electron chi connectivity index (χ1n) is 4.67. The molecular weight excluding hydrogens is 179 g/mol. The standard InChI is InChI=1S/C9H18B2ClN/c1-8(2)7-13(6-5-10)11(12)9(3)4/h1,3,5-7,10H2,2,4H3.